The van der Waals surface area contributed by atoms with Crippen LogP contribution in [0.2, 0.25) is 0 Å². The molecular formula is C10H11NO2S. The summed E-state index contributed by atoms with van der Waals surface area (Å²) in [5.74, 6) is 0.369. The molecule has 0 aliphatic carbocycles. The van der Waals surface area contributed by atoms with Crippen LogP contribution >= 0.6 is 11.8 Å². The Kier molecular flexibility index (Phi) is 2.25. The first-order chi connectivity index (χ1) is 6.68. The van der Waals surface area contributed by atoms with Crippen molar-refractivity contribution in [3.63, 3.8) is 0 Å². The van der Waals surface area contributed by atoms with Gasteiger partial charge in [0.1, 0.15) is 0 Å². The lowest BCUT2D eigenvalue weighted by Gasteiger charge is -2.22. The second-order valence-electron chi connectivity index (χ2n) is 3.18. The molecule has 1 aliphatic rings. The summed E-state index contributed by atoms with van der Waals surface area (Å²) in [6.07, 6.45) is 0. The Bertz CT molecular complexity index is 380. The molecule has 74 valence electrons. The van der Waals surface area contributed by atoms with E-state index >= 15 is 0 Å². The van der Waals surface area contributed by atoms with Gasteiger partial charge in [-0.25, -0.2) is 0 Å². The van der Waals surface area contributed by atoms with Crippen LogP contribution in [0.3, 0.4) is 0 Å². The Hall–Kier alpha value is -1.00. The van der Waals surface area contributed by atoms with Crippen molar-refractivity contribution in [3.8, 4) is 0 Å². The van der Waals surface area contributed by atoms with Gasteiger partial charge in [0.05, 0.1) is 7.11 Å². The summed E-state index contributed by atoms with van der Waals surface area (Å²) >= 11 is 1.55. The second-order valence-corrected chi connectivity index (χ2v) is 4.20. The van der Waals surface area contributed by atoms with Crippen molar-refractivity contribution in [2.45, 2.75) is 10.5 Å². The van der Waals surface area contributed by atoms with Gasteiger partial charge < -0.3 is 9.84 Å². The molecule has 2 N–H and O–H groups in total. The van der Waals surface area contributed by atoms with Gasteiger partial charge in [-0.2, -0.15) is 0 Å². The zero-order valence-electron chi connectivity index (χ0n) is 7.78. The number of ether oxygens (including phenoxy) is 1. The average molecular weight is 209 g/mol. The van der Waals surface area contributed by atoms with Crippen molar-refractivity contribution in [2.24, 2.45) is 0 Å². The minimum absolute atomic E-state index is 0.0880. The van der Waals surface area contributed by atoms with Crippen LogP contribution < -0.4 is 0 Å². The van der Waals surface area contributed by atoms with E-state index in [0.717, 1.165) is 10.5 Å². The molecule has 1 aliphatic heterocycles. The Balaban J connectivity index is 2.47. The van der Waals surface area contributed by atoms with E-state index in [4.69, 9.17) is 10.1 Å². The molecule has 1 atom stereocenters. The maximum atomic E-state index is 10.2. The molecule has 0 bridgehead atoms. The number of aliphatic hydroxyl groups is 1. The topological polar surface area (TPSA) is 53.3 Å². The van der Waals surface area contributed by atoms with E-state index in [9.17, 15) is 5.11 Å². The molecule has 4 heteroatoms. The quantitative estimate of drug-likeness (QED) is 0.545. The number of methoxy groups -OCH3 is 1. The Morgan fingerprint density at radius 3 is 3.00 bits per heavy atom. The van der Waals surface area contributed by atoms with Crippen molar-refractivity contribution >= 4 is 17.7 Å². The fourth-order valence-electron chi connectivity index (χ4n) is 1.55. The summed E-state index contributed by atoms with van der Waals surface area (Å²) in [6.45, 7) is 0. The van der Waals surface area contributed by atoms with Crippen LogP contribution in [-0.2, 0) is 10.3 Å². The summed E-state index contributed by atoms with van der Waals surface area (Å²) in [4.78, 5) is 1.02. The lowest BCUT2D eigenvalue weighted by molar-refractivity contribution is 0.108. The van der Waals surface area contributed by atoms with Gasteiger partial charge in [0, 0.05) is 16.2 Å². The molecule has 0 fully saturated rings. The Labute approximate surface area is 86.6 Å². The number of benzene rings is 1. The minimum atomic E-state index is -1.24. The van der Waals surface area contributed by atoms with E-state index in [2.05, 4.69) is 0 Å². The molecule has 0 saturated carbocycles. The Morgan fingerprint density at radius 1 is 1.57 bits per heavy atom. The van der Waals surface area contributed by atoms with E-state index < -0.39 is 5.60 Å². The maximum Gasteiger partial charge on any atom is 0.218 e. The van der Waals surface area contributed by atoms with Gasteiger partial charge in [-0.15, -0.1) is 11.8 Å². The van der Waals surface area contributed by atoms with E-state index in [0.29, 0.717) is 5.75 Å². The fraction of sp³-hybridized carbons (Fsp3) is 0.300. The molecule has 1 aromatic rings. The standard InChI is InChI=1S/C10H11NO2S/c1-13-9(11)10(12)6-14-8-5-3-2-4-7(8)10/h2-5,11-12H,6H2,1H3. The number of thioether (sulfide) groups is 1. The fourth-order valence-corrected chi connectivity index (χ4v) is 2.77. The van der Waals surface area contributed by atoms with Gasteiger partial charge in [0.25, 0.3) is 0 Å². The van der Waals surface area contributed by atoms with Crippen LogP contribution in [-0.4, -0.2) is 23.9 Å². The first-order valence-electron chi connectivity index (χ1n) is 4.26. The normalized spacial score (nSPS) is 24.4. The lowest BCUT2D eigenvalue weighted by Crippen LogP contribution is -2.36. The predicted octanol–water partition coefficient (Wildman–Crippen LogP) is 1.60. The van der Waals surface area contributed by atoms with Crippen molar-refractivity contribution < 1.29 is 9.84 Å². The first kappa shape index (κ1) is 9.55. The zero-order valence-corrected chi connectivity index (χ0v) is 8.60. The molecule has 1 heterocycles. The molecule has 0 amide bonds. The number of hydrogen-bond acceptors (Lipinski definition) is 4. The third-order valence-corrected chi connectivity index (χ3v) is 3.58. The average Bonchev–Trinajstić information content (AvgIpc) is 2.58. The third kappa shape index (κ3) is 1.22. The number of nitrogens with one attached hydrogen (secondary N) is 1. The predicted molar refractivity (Wildman–Crippen MR) is 55.8 cm³/mol. The van der Waals surface area contributed by atoms with Gasteiger partial charge in [-0.3, -0.25) is 5.41 Å². The summed E-state index contributed by atoms with van der Waals surface area (Å²) in [7, 11) is 1.41. The molecular weight excluding hydrogens is 198 g/mol. The van der Waals surface area contributed by atoms with Gasteiger partial charge in [-0.1, -0.05) is 18.2 Å². The smallest absolute Gasteiger partial charge is 0.218 e. The van der Waals surface area contributed by atoms with E-state index in [-0.39, 0.29) is 5.90 Å². The number of rotatable bonds is 1. The molecule has 0 radical (unpaired) electrons. The molecule has 14 heavy (non-hydrogen) atoms. The van der Waals surface area contributed by atoms with E-state index in [1.165, 1.54) is 7.11 Å². The zero-order chi connectivity index (χ0) is 10.2. The van der Waals surface area contributed by atoms with Crippen LogP contribution in [0.15, 0.2) is 29.2 Å². The Morgan fingerprint density at radius 2 is 2.29 bits per heavy atom. The van der Waals surface area contributed by atoms with Gasteiger partial charge in [0.2, 0.25) is 5.90 Å². The van der Waals surface area contributed by atoms with Crippen molar-refractivity contribution in [1.82, 2.24) is 0 Å². The van der Waals surface area contributed by atoms with E-state index in [1.54, 1.807) is 11.8 Å². The van der Waals surface area contributed by atoms with Crippen molar-refractivity contribution in [3.05, 3.63) is 29.8 Å². The highest BCUT2D eigenvalue weighted by Crippen LogP contribution is 2.42. The van der Waals surface area contributed by atoms with Crippen molar-refractivity contribution in [2.75, 3.05) is 12.9 Å². The summed E-state index contributed by atoms with van der Waals surface area (Å²) in [5, 5.41) is 17.8. The minimum Gasteiger partial charge on any atom is -0.482 e. The van der Waals surface area contributed by atoms with Gasteiger partial charge in [0.15, 0.2) is 5.60 Å². The molecule has 0 aromatic heterocycles. The van der Waals surface area contributed by atoms with Crippen molar-refractivity contribution in [1.29, 1.82) is 5.41 Å². The van der Waals surface area contributed by atoms with Crippen LogP contribution in [0, 0.1) is 5.41 Å². The SMILES string of the molecule is COC(=N)C1(O)CSc2ccccc21. The van der Waals surface area contributed by atoms with Crippen LogP contribution in [0.1, 0.15) is 5.56 Å². The second kappa shape index (κ2) is 3.29. The molecule has 1 unspecified atom stereocenters. The molecule has 2 rings (SSSR count). The number of hydrogen-bond donors (Lipinski definition) is 2. The molecule has 3 nitrogen and oxygen atoms in total. The van der Waals surface area contributed by atoms with Crippen LogP contribution in [0.25, 0.3) is 0 Å². The lowest BCUT2D eigenvalue weighted by atomic mass is 9.96. The largest absolute Gasteiger partial charge is 0.482 e. The highest BCUT2D eigenvalue weighted by atomic mass is 32.2. The highest BCUT2D eigenvalue weighted by molar-refractivity contribution is 7.99. The summed E-state index contributed by atoms with van der Waals surface area (Å²) < 4.78 is 4.81. The monoisotopic (exact) mass is 209 g/mol. The van der Waals surface area contributed by atoms with Crippen LogP contribution in [0.4, 0.5) is 0 Å². The molecule has 0 spiro atoms. The first-order valence-corrected chi connectivity index (χ1v) is 5.25. The summed E-state index contributed by atoms with van der Waals surface area (Å²) in [6, 6.07) is 7.57. The molecule has 1 aromatic carbocycles. The number of fused-ring (bicyclic) bond motifs is 1. The van der Waals surface area contributed by atoms with Gasteiger partial charge >= 0.3 is 0 Å². The maximum absolute atomic E-state index is 10.2. The van der Waals surface area contributed by atoms with Crippen LogP contribution in [0.5, 0.6) is 0 Å². The third-order valence-electron chi connectivity index (χ3n) is 2.35. The molecule has 0 saturated heterocycles. The summed E-state index contributed by atoms with van der Waals surface area (Å²) in [5.41, 5.74) is -0.465. The van der Waals surface area contributed by atoms with E-state index in [1.807, 2.05) is 24.3 Å². The highest BCUT2D eigenvalue weighted by Gasteiger charge is 2.42. The van der Waals surface area contributed by atoms with Gasteiger partial charge in [-0.05, 0) is 6.07 Å².